The molecule has 0 aromatic heterocycles. The third-order valence-corrected chi connectivity index (χ3v) is 5.17. The molecule has 10 heteroatoms. The number of rotatable bonds is 6. The molecule has 0 aliphatic heterocycles. The second-order valence-corrected chi connectivity index (χ2v) is 8.04. The van der Waals surface area contributed by atoms with Crippen molar-refractivity contribution in [1.82, 2.24) is 0 Å². The second kappa shape index (κ2) is 8.17. The molecule has 0 heterocycles. The average molecular weight is 406 g/mol. The Bertz CT molecular complexity index is 1060. The summed E-state index contributed by atoms with van der Waals surface area (Å²) in [6.45, 7) is 2.62. The van der Waals surface area contributed by atoms with Crippen molar-refractivity contribution in [2.75, 3.05) is 18.2 Å². The summed E-state index contributed by atoms with van der Waals surface area (Å²) in [7, 11) is -3.67. The van der Waals surface area contributed by atoms with Crippen LogP contribution in [0.25, 0.3) is 0 Å². The average Bonchev–Trinajstić information content (AvgIpc) is 2.62. The van der Waals surface area contributed by atoms with E-state index in [0.717, 1.165) is 11.8 Å². The van der Waals surface area contributed by atoms with Gasteiger partial charge in [-0.15, -0.1) is 0 Å². The Balaban J connectivity index is 2.16. The van der Waals surface area contributed by atoms with E-state index < -0.39 is 33.2 Å². The minimum absolute atomic E-state index is 0.0163. The Hall–Kier alpha value is -3.27. The number of carbonyl (C=O) groups is 2. The molecule has 1 N–H and O–H groups in total. The fourth-order valence-corrected chi connectivity index (χ4v) is 3.33. The summed E-state index contributed by atoms with van der Waals surface area (Å²) in [6.07, 6.45) is 0.950. The molecule has 0 spiro atoms. The maximum absolute atomic E-state index is 12.2. The van der Waals surface area contributed by atoms with E-state index in [4.69, 9.17) is 4.74 Å². The highest BCUT2D eigenvalue weighted by Crippen LogP contribution is 2.30. The van der Waals surface area contributed by atoms with Crippen LogP contribution >= 0.6 is 0 Å². The van der Waals surface area contributed by atoms with E-state index in [1.165, 1.54) is 30.3 Å². The van der Waals surface area contributed by atoms with Crippen molar-refractivity contribution in [2.45, 2.75) is 18.7 Å². The zero-order chi connectivity index (χ0) is 21.1. The highest BCUT2D eigenvalue weighted by atomic mass is 32.2. The smallest absolute Gasteiger partial charge is 0.339 e. The van der Waals surface area contributed by atoms with Crippen molar-refractivity contribution in [3.05, 3.63) is 63.2 Å². The number of aryl methyl sites for hydroxylation is 1. The maximum atomic E-state index is 12.2. The summed E-state index contributed by atoms with van der Waals surface area (Å²) >= 11 is 0. The number of benzene rings is 2. The van der Waals surface area contributed by atoms with Gasteiger partial charge in [-0.1, -0.05) is 18.2 Å². The molecule has 0 atom stereocenters. The van der Waals surface area contributed by atoms with Crippen LogP contribution in [0.15, 0.2) is 41.3 Å². The largest absolute Gasteiger partial charge is 0.452 e. The first kappa shape index (κ1) is 21.0. The van der Waals surface area contributed by atoms with Crippen molar-refractivity contribution in [3.8, 4) is 0 Å². The van der Waals surface area contributed by atoms with Gasteiger partial charge in [0.2, 0.25) is 0 Å². The first-order valence-corrected chi connectivity index (χ1v) is 9.92. The van der Waals surface area contributed by atoms with Crippen LogP contribution in [0.4, 0.5) is 11.4 Å². The molecule has 0 fully saturated rings. The molecule has 0 saturated heterocycles. The predicted octanol–water partition coefficient (Wildman–Crippen LogP) is 2.41. The lowest BCUT2D eigenvalue weighted by Crippen LogP contribution is -2.22. The summed E-state index contributed by atoms with van der Waals surface area (Å²) in [4.78, 5) is 34.6. The van der Waals surface area contributed by atoms with E-state index in [0.29, 0.717) is 5.56 Å². The van der Waals surface area contributed by atoms with Gasteiger partial charge in [0.15, 0.2) is 16.4 Å². The molecule has 0 saturated carbocycles. The van der Waals surface area contributed by atoms with Gasteiger partial charge < -0.3 is 10.1 Å². The third-order valence-electron chi connectivity index (χ3n) is 4.02. The van der Waals surface area contributed by atoms with E-state index in [9.17, 15) is 28.1 Å². The van der Waals surface area contributed by atoms with Crippen molar-refractivity contribution < 1.29 is 27.7 Å². The Morgan fingerprint density at radius 3 is 2.39 bits per heavy atom. The Kier molecular flexibility index (Phi) is 6.14. The Morgan fingerprint density at radius 2 is 1.79 bits per heavy atom. The van der Waals surface area contributed by atoms with Gasteiger partial charge in [0.1, 0.15) is 5.69 Å². The minimum Gasteiger partial charge on any atom is -0.452 e. The molecular formula is C18H18N2O7S. The molecule has 9 nitrogen and oxygen atoms in total. The lowest BCUT2D eigenvalue weighted by molar-refractivity contribution is -0.384. The molecular weight excluding hydrogens is 388 g/mol. The van der Waals surface area contributed by atoms with Crippen LogP contribution in [-0.4, -0.2) is 38.1 Å². The zero-order valence-electron chi connectivity index (χ0n) is 15.4. The summed E-state index contributed by atoms with van der Waals surface area (Å²) < 4.78 is 28.4. The molecule has 0 aliphatic carbocycles. The van der Waals surface area contributed by atoms with Gasteiger partial charge in [-0.05, 0) is 37.1 Å². The number of esters is 1. The number of nitro benzene ring substituents is 1. The molecule has 0 bridgehead atoms. The number of nitrogens with zero attached hydrogens (tertiary/aromatic N) is 1. The van der Waals surface area contributed by atoms with Crippen LogP contribution in [-0.2, 0) is 19.4 Å². The molecule has 2 aromatic carbocycles. The van der Waals surface area contributed by atoms with E-state index in [1.54, 1.807) is 19.9 Å². The first-order chi connectivity index (χ1) is 13.0. The van der Waals surface area contributed by atoms with Gasteiger partial charge in [-0.2, -0.15) is 0 Å². The van der Waals surface area contributed by atoms with Gasteiger partial charge in [0.25, 0.3) is 11.6 Å². The van der Waals surface area contributed by atoms with Crippen molar-refractivity contribution in [2.24, 2.45) is 0 Å². The number of carbonyl (C=O) groups excluding carboxylic acids is 2. The lowest BCUT2D eigenvalue weighted by atomic mass is 10.1. The standard InChI is InChI=1S/C18H18N2O7S/c1-11-8-9-14(20(23)24)17(12(11)2)19-16(21)10-27-18(22)13-6-4-5-7-15(13)28(3,25)26/h4-9H,10H2,1-3H3,(H,19,21). The van der Waals surface area contributed by atoms with Gasteiger partial charge >= 0.3 is 5.97 Å². The van der Waals surface area contributed by atoms with Crippen LogP contribution in [0.3, 0.4) is 0 Å². The second-order valence-electron chi connectivity index (χ2n) is 6.05. The van der Waals surface area contributed by atoms with E-state index in [1.807, 2.05) is 0 Å². The van der Waals surface area contributed by atoms with Gasteiger partial charge in [0, 0.05) is 12.3 Å². The quantitative estimate of drug-likeness (QED) is 0.442. The van der Waals surface area contributed by atoms with Gasteiger partial charge in [0.05, 0.1) is 15.4 Å². The number of nitro groups is 1. The summed E-state index contributed by atoms with van der Waals surface area (Å²) in [5.74, 6) is -1.78. The van der Waals surface area contributed by atoms with Crippen molar-refractivity contribution >= 4 is 33.1 Å². The monoisotopic (exact) mass is 406 g/mol. The highest BCUT2D eigenvalue weighted by molar-refractivity contribution is 7.90. The van der Waals surface area contributed by atoms with Crippen LogP contribution in [0, 0.1) is 24.0 Å². The summed E-state index contributed by atoms with van der Waals surface area (Å²) in [5, 5.41) is 13.5. The van der Waals surface area contributed by atoms with E-state index in [2.05, 4.69) is 5.32 Å². The van der Waals surface area contributed by atoms with Crippen molar-refractivity contribution in [3.63, 3.8) is 0 Å². The van der Waals surface area contributed by atoms with Crippen LogP contribution in [0.1, 0.15) is 21.5 Å². The fourth-order valence-electron chi connectivity index (χ4n) is 2.45. The van der Waals surface area contributed by atoms with Gasteiger partial charge in [-0.3, -0.25) is 14.9 Å². The summed E-state index contributed by atoms with van der Waals surface area (Å²) in [5.41, 5.74) is 0.777. The number of hydrogen-bond donors (Lipinski definition) is 1. The fraction of sp³-hybridized carbons (Fsp3) is 0.222. The first-order valence-electron chi connectivity index (χ1n) is 8.03. The Labute approximate surface area is 161 Å². The van der Waals surface area contributed by atoms with E-state index in [-0.39, 0.29) is 21.8 Å². The lowest BCUT2D eigenvalue weighted by Gasteiger charge is -2.12. The van der Waals surface area contributed by atoms with Crippen LogP contribution in [0.2, 0.25) is 0 Å². The molecule has 1 amide bonds. The SMILES string of the molecule is Cc1ccc([N+](=O)[O-])c(NC(=O)COC(=O)c2ccccc2S(C)(=O)=O)c1C. The number of ether oxygens (including phenoxy) is 1. The predicted molar refractivity (Wildman–Crippen MR) is 101 cm³/mol. The molecule has 0 unspecified atom stereocenters. The van der Waals surface area contributed by atoms with E-state index >= 15 is 0 Å². The van der Waals surface area contributed by atoms with Crippen LogP contribution < -0.4 is 5.32 Å². The normalized spacial score (nSPS) is 11.0. The molecule has 0 radical (unpaired) electrons. The number of amides is 1. The number of hydrogen-bond acceptors (Lipinski definition) is 7. The minimum atomic E-state index is -3.67. The third kappa shape index (κ3) is 4.71. The number of anilines is 1. The molecule has 148 valence electrons. The van der Waals surface area contributed by atoms with Crippen molar-refractivity contribution in [1.29, 1.82) is 0 Å². The Morgan fingerprint density at radius 1 is 1.14 bits per heavy atom. The number of nitrogens with one attached hydrogen (secondary N) is 1. The van der Waals surface area contributed by atoms with Crippen LogP contribution in [0.5, 0.6) is 0 Å². The van der Waals surface area contributed by atoms with Gasteiger partial charge in [-0.25, -0.2) is 13.2 Å². The summed E-state index contributed by atoms with van der Waals surface area (Å²) in [6, 6.07) is 8.28. The molecule has 0 aliphatic rings. The molecule has 2 aromatic rings. The molecule has 28 heavy (non-hydrogen) atoms. The number of sulfone groups is 1. The zero-order valence-corrected chi connectivity index (χ0v) is 16.2. The topological polar surface area (TPSA) is 133 Å². The molecule has 2 rings (SSSR count). The maximum Gasteiger partial charge on any atom is 0.339 e. The highest BCUT2D eigenvalue weighted by Gasteiger charge is 2.22.